The predicted octanol–water partition coefficient (Wildman–Crippen LogP) is 2.30. The average Bonchev–Trinajstić information content (AvgIpc) is 3.15. The van der Waals surface area contributed by atoms with Crippen LogP contribution in [0.1, 0.15) is 24.4 Å². The molecule has 0 unspecified atom stereocenters. The number of hydrogen-bond donors (Lipinski definition) is 0. The number of carbonyl (C=O) groups is 1. The van der Waals surface area contributed by atoms with Gasteiger partial charge < -0.3 is 14.2 Å². The van der Waals surface area contributed by atoms with Crippen molar-refractivity contribution in [3.63, 3.8) is 0 Å². The first kappa shape index (κ1) is 14.3. The fourth-order valence-electron chi connectivity index (χ4n) is 3.63. The number of rotatable bonds is 2. The molecule has 0 aliphatic carbocycles. The molecule has 0 saturated carbocycles. The Morgan fingerprint density at radius 1 is 1.30 bits per heavy atom. The van der Waals surface area contributed by atoms with Crippen molar-refractivity contribution in [3.8, 4) is 5.75 Å². The number of imidazole rings is 1. The van der Waals surface area contributed by atoms with Crippen LogP contribution in [-0.2, 0) is 11.2 Å². The van der Waals surface area contributed by atoms with Crippen LogP contribution in [0.4, 0.5) is 0 Å². The number of benzene rings is 1. The summed E-state index contributed by atoms with van der Waals surface area (Å²) in [4.78, 5) is 19.0. The highest BCUT2D eigenvalue weighted by Crippen LogP contribution is 2.29. The lowest BCUT2D eigenvalue weighted by atomic mass is 9.94. The first-order valence-corrected chi connectivity index (χ1v) is 8.28. The second kappa shape index (κ2) is 6.07. The third-order valence-corrected chi connectivity index (χ3v) is 4.88. The summed E-state index contributed by atoms with van der Waals surface area (Å²) in [5.41, 5.74) is 1.14. The molecule has 2 aliphatic rings. The van der Waals surface area contributed by atoms with E-state index in [9.17, 15) is 4.79 Å². The molecule has 2 aliphatic heterocycles. The second-order valence-electron chi connectivity index (χ2n) is 6.41. The molecule has 4 rings (SSSR count). The Hall–Kier alpha value is -2.30. The van der Waals surface area contributed by atoms with Gasteiger partial charge in [-0.2, -0.15) is 0 Å². The molecule has 2 aromatic rings. The van der Waals surface area contributed by atoms with Crippen LogP contribution in [0.25, 0.3) is 0 Å². The van der Waals surface area contributed by atoms with Crippen molar-refractivity contribution in [3.05, 3.63) is 48.5 Å². The van der Waals surface area contributed by atoms with Crippen molar-refractivity contribution in [1.29, 1.82) is 0 Å². The summed E-state index contributed by atoms with van der Waals surface area (Å²) in [6.07, 6.45) is 8.55. The van der Waals surface area contributed by atoms with E-state index >= 15 is 0 Å². The number of aromatic nitrogens is 2. The molecule has 0 N–H and O–H groups in total. The summed E-state index contributed by atoms with van der Waals surface area (Å²) in [7, 11) is 0. The van der Waals surface area contributed by atoms with Gasteiger partial charge in [-0.3, -0.25) is 4.79 Å². The van der Waals surface area contributed by atoms with E-state index in [1.165, 1.54) is 0 Å². The van der Waals surface area contributed by atoms with Gasteiger partial charge in [0.1, 0.15) is 12.4 Å². The highest BCUT2D eigenvalue weighted by molar-refractivity contribution is 5.80. The summed E-state index contributed by atoms with van der Waals surface area (Å²) >= 11 is 0. The highest BCUT2D eigenvalue weighted by Gasteiger charge is 2.32. The lowest BCUT2D eigenvalue weighted by Gasteiger charge is -2.36. The molecule has 1 aromatic heterocycles. The minimum Gasteiger partial charge on any atom is -0.492 e. The Bertz CT molecular complexity index is 683. The van der Waals surface area contributed by atoms with Crippen LogP contribution in [0.15, 0.2) is 43.0 Å². The SMILES string of the molecule is O=C([C@@H]1COc2ccccc2C1)N1CCC[C@H](n2ccnc2)C1. The minimum absolute atomic E-state index is 0.0635. The van der Waals surface area contributed by atoms with Crippen molar-refractivity contribution in [2.75, 3.05) is 19.7 Å². The third-order valence-electron chi connectivity index (χ3n) is 4.88. The lowest BCUT2D eigenvalue weighted by molar-refractivity contribution is -0.138. The zero-order valence-electron chi connectivity index (χ0n) is 13.1. The monoisotopic (exact) mass is 311 g/mol. The van der Waals surface area contributed by atoms with E-state index in [0.717, 1.165) is 43.7 Å². The van der Waals surface area contributed by atoms with Crippen LogP contribution in [0, 0.1) is 5.92 Å². The van der Waals surface area contributed by atoms with Gasteiger partial charge >= 0.3 is 0 Å². The van der Waals surface area contributed by atoms with E-state index < -0.39 is 0 Å². The molecule has 3 heterocycles. The first-order valence-electron chi connectivity index (χ1n) is 8.28. The molecule has 0 radical (unpaired) electrons. The summed E-state index contributed by atoms with van der Waals surface area (Å²) in [6, 6.07) is 8.35. The Balaban J connectivity index is 1.45. The number of hydrogen-bond acceptors (Lipinski definition) is 3. The molecule has 2 atom stereocenters. The molecule has 5 heteroatoms. The maximum atomic E-state index is 12.9. The number of nitrogens with zero attached hydrogens (tertiary/aromatic N) is 3. The predicted molar refractivity (Wildman–Crippen MR) is 86.2 cm³/mol. The summed E-state index contributed by atoms with van der Waals surface area (Å²) in [5, 5.41) is 0. The third kappa shape index (κ3) is 2.83. The van der Waals surface area contributed by atoms with Crippen LogP contribution in [0.2, 0.25) is 0 Å². The molecule has 0 bridgehead atoms. The number of carbonyl (C=O) groups excluding carboxylic acids is 1. The standard InChI is InChI=1S/C18H21N3O2/c22-18(15-10-14-4-1-2-6-17(14)23-12-15)20-8-3-5-16(11-20)21-9-7-19-13-21/h1-2,4,6-7,9,13,15-16H,3,5,8,10-12H2/t15-,16-/m0/s1. The van der Waals surface area contributed by atoms with Crippen molar-refractivity contribution in [2.45, 2.75) is 25.3 Å². The van der Waals surface area contributed by atoms with Gasteiger partial charge in [0.2, 0.25) is 5.91 Å². The number of fused-ring (bicyclic) bond motifs is 1. The fraction of sp³-hybridized carbons (Fsp3) is 0.444. The molecule has 5 nitrogen and oxygen atoms in total. The number of amides is 1. The van der Waals surface area contributed by atoms with Gasteiger partial charge in [0, 0.05) is 25.5 Å². The summed E-state index contributed by atoms with van der Waals surface area (Å²) in [5.74, 6) is 1.09. The van der Waals surface area contributed by atoms with Crippen molar-refractivity contribution < 1.29 is 9.53 Å². The van der Waals surface area contributed by atoms with Gasteiger partial charge in [-0.1, -0.05) is 18.2 Å². The van der Waals surface area contributed by atoms with E-state index in [2.05, 4.69) is 15.6 Å². The molecule has 1 aromatic carbocycles. The minimum atomic E-state index is -0.0635. The molecule has 0 spiro atoms. The molecule has 23 heavy (non-hydrogen) atoms. The van der Waals surface area contributed by atoms with Crippen LogP contribution >= 0.6 is 0 Å². The van der Waals surface area contributed by atoms with Crippen LogP contribution in [0.5, 0.6) is 5.75 Å². The number of likely N-dealkylation sites (tertiary alicyclic amines) is 1. The molecule has 1 fully saturated rings. The van der Waals surface area contributed by atoms with Crippen molar-refractivity contribution in [2.24, 2.45) is 5.92 Å². The quantitative estimate of drug-likeness (QED) is 0.855. The van der Waals surface area contributed by atoms with Crippen LogP contribution < -0.4 is 4.74 Å². The largest absolute Gasteiger partial charge is 0.492 e. The number of piperidine rings is 1. The van der Waals surface area contributed by atoms with Gasteiger partial charge in [-0.15, -0.1) is 0 Å². The smallest absolute Gasteiger partial charge is 0.229 e. The van der Waals surface area contributed by atoms with Crippen LogP contribution in [0.3, 0.4) is 0 Å². The van der Waals surface area contributed by atoms with Gasteiger partial charge in [0.05, 0.1) is 18.3 Å². The number of ether oxygens (including phenoxy) is 1. The summed E-state index contributed by atoms with van der Waals surface area (Å²) < 4.78 is 7.90. The van der Waals surface area contributed by atoms with Gasteiger partial charge in [0.15, 0.2) is 0 Å². The lowest BCUT2D eigenvalue weighted by Crippen LogP contribution is -2.46. The molecule has 1 saturated heterocycles. The summed E-state index contributed by atoms with van der Waals surface area (Å²) in [6.45, 7) is 2.11. The van der Waals surface area contributed by atoms with E-state index in [-0.39, 0.29) is 11.8 Å². The van der Waals surface area contributed by atoms with E-state index in [1.807, 2.05) is 35.6 Å². The first-order chi connectivity index (χ1) is 11.3. The highest BCUT2D eigenvalue weighted by atomic mass is 16.5. The average molecular weight is 311 g/mol. The topological polar surface area (TPSA) is 47.4 Å². The van der Waals surface area contributed by atoms with Crippen LogP contribution in [-0.4, -0.2) is 40.1 Å². The Morgan fingerprint density at radius 2 is 2.22 bits per heavy atom. The van der Waals surface area contributed by atoms with Crippen molar-refractivity contribution >= 4 is 5.91 Å². The zero-order valence-corrected chi connectivity index (χ0v) is 13.1. The second-order valence-corrected chi connectivity index (χ2v) is 6.41. The zero-order chi connectivity index (χ0) is 15.6. The molecule has 1 amide bonds. The Labute approximate surface area is 135 Å². The van der Waals surface area contributed by atoms with Gasteiger partial charge in [0.25, 0.3) is 0 Å². The van der Waals surface area contributed by atoms with E-state index in [0.29, 0.717) is 12.6 Å². The normalized spacial score (nSPS) is 23.9. The van der Waals surface area contributed by atoms with Crippen molar-refractivity contribution in [1.82, 2.24) is 14.5 Å². The molecule has 120 valence electrons. The molecular formula is C18H21N3O2. The Kier molecular flexibility index (Phi) is 3.77. The molecular weight excluding hydrogens is 290 g/mol. The maximum Gasteiger partial charge on any atom is 0.229 e. The van der Waals surface area contributed by atoms with E-state index in [1.54, 1.807) is 6.20 Å². The fourth-order valence-corrected chi connectivity index (χ4v) is 3.63. The van der Waals surface area contributed by atoms with Gasteiger partial charge in [-0.25, -0.2) is 4.98 Å². The van der Waals surface area contributed by atoms with E-state index in [4.69, 9.17) is 4.74 Å². The van der Waals surface area contributed by atoms with Gasteiger partial charge in [-0.05, 0) is 30.9 Å². The number of para-hydroxylation sites is 1. The Morgan fingerprint density at radius 3 is 3.09 bits per heavy atom. The maximum absolute atomic E-state index is 12.9.